The summed E-state index contributed by atoms with van der Waals surface area (Å²) in [6.45, 7) is 3.23. The maximum Gasteiger partial charge on any atom is 0.304 e. The number of rotatable bonds is 4. The first kappa shape index (κ1) is 15.9. The highest BCUT2D eigenvalue weighted by atomic mass is 35.5. The van der Waals surface area contributed by atoms with Crippen molar-refractivity contribution in [2.24, 2.45) is 0 Å². The van der Waals surface area contributed by atoms with Gasteiger partial charge in [-0.3, -0.25) is 4.79 Å². The van der Waals surface area contributed by atoms with E-state index in [-0.39, 0.29) is 11.4 Å². The molecule has 1 rings (SSSR count). The summed E-state index contributed by atoms with van der Waals surface area (Å²) in [6.07, 6.45) is 0.639. The molecule has 0 fully saturated rings. The lowest BCUT2D eigenvalue weighted by Gasteiger charge is -2.24. The number of aliphatic carboxylic acids is 1. The Bertz CT molecular complexity index is 600. The minimum absolute atomic E-state index is 0.221. The number of benzene rings is 1. The summed E-state index contributed by atoms with van der Waals surface area (Å²) in [7, 11) is -3.77. The summed E-state index contributed by atoms with van der Waals surface area (Å²) in [4.78, 5) is 10.2. The fraction of sp³-hybridized carbons (Fsp3) is 0.417. The van der Waals surface area contributed by atoms with Crippen molar-refractivity contribution in [1.82, 2.24) is 0 Å². The van der Waals surface area contributed by atoms with Crippen LogP contribution < -0.4 is 0 Å². The van der Waals surface area contributed by atoms with Crippen LogP contribution in [0.15, 0.2) is 17.0 Å². The van der Waals surface area contributed by atoms with E-state index in [9.17, 15) is 17.6 Å². The van der Waals surface area contributed by atoms with Crippen molar-refractivity contribution in [2.75, 3.05) is 6.26 Å². The van der Waals surface area contributed by atoms with Crippen molar-refractivity contribution in [3.05, 3.63) is 28.5 Å². The standard InChI is InChI=1S/C12H14ClFO4S/c1-12(2,6-10(15)16)7-4-8(13)11(9(14)5-7)19(3,17)18/h4-5H,6H2,1-3H3,(H,15,16). The van der Waals surface area contributed by atoms with Crippen molar-refractivity contribution < 1.29 is 22.7 Å². The normalized spacial score (nSPS) is 12.5. The Morgan fingerprint density at radius 2 is 1.95 bits per heavy atom. The third kappa shape index (κ3) is 3.67. The molecule has 0 unspecified atom stereocenters. The Morgan fingerprint density at radius 3 is 2.32 bits per heavy atom. The SMILES string of the molecule is CC(C)(CC(=O)O)c1cc(F)c(S(C)(=O)=O)c(Cl)c1. The number of carboxylic acids is 1. The van der Waals surface area contributed by atoms with E-state index in [4.69, 9.17) is 16.7 Å². The molecule has 0 aliphatic rings. The first-order chi connectivity index (χ1) is 8.45. The minimum Gasteiger partial charge on any atom is -0.481 e. The molecule has 0 saturated carbocycles. The molecule has 0 aliphatic heterocycles. The van der Waals surface area contributed by atoms with E-state index in [2.05, 4.69) is 0 Å². The zero-order valence-electron chi connectivity index (χ0n) is 10.7. The van der Waals surface area contributed by atoms with E-state index >= 15 is 0 Å². The molecule has 19 heavy (non-hydrogen) atoms. The van der Waals surface area contributed by atoms with E-state index in [0.717, 1.165) is 12.3 Å². The van der Waals surface area contributed by atoms with Crippen molar-refractivity contribution in [1.29, 1.82) is 0 Å². The third-order valence-corrected chi connectivity index (χ3v) is 4.31. The number of carbonyl (C=O) groups is 1. The fourth-order valence-corrected chi connectivity index (χ4v) is 3.24. The van der Waals surface area contributed by atoms with Gasteiger partial charge in [-0.2, -0.15) is 0 Å². The number of sulfone groups is 1. The highest BCUT2D eigenvalue weighted by Crippen LogP contribution is 2.33. The second kappa shape index (κ2) is 5.09. The summed E-state index contributed by atoms with van der Waals surface area (Å²) in [5.41, 5.74) is -0.517. The van der Waals surface area contributed by atoms with Crippen LogP contribution in [0.2, 0.25) is 5.02 Å². The smallest absolute Gasteiger partial charge is 0.304 e. The summed E-state index contributed by atoms with van der Waals surface area (Å²) >= 11 is 5.80. The molecule has 1 N–H and O–H groups in total. The largest absolute Gasteiger partial charge is 0.481 e. The summed E-state index contributed by atoms with van der Waals surface area (Å²) < 4.78 is 36.7. The lowest BCUT2D eigenvalue weighted by atomic mass is 9.81. The van der Waals surface area contributed by atoms with Gasteiger partial charge in [0.15, 0.2) is 9.84 Å². The molecule has 0 radical (unpaired) electrons. The fourth-order valence-electron chi connectivity index (χ4n) is 1.78. The maximum atomic E-state index is 13.9. The quantitative estimate of drug-likeness (QED) is 0.928. The Hall–Kier alpha value is -1.14. The van der Waals surface area contributed by atoms with Crippen LogP contribution in [-0.2, 0) is 20.0 Å². The number of hydrogen-bond donors (Lipinski definition) is 1. The predicted molar refractivity (Wildman–Crippen MR) is 69.8 cm³/mol. The van der Waals surface area contributed by atoms with Crippen LogP contribution in [0, 0.1) is 5.82 Å². The van der Waals surface area contributed by atoms with E-state index in [1.807, 2.05) is 0 Å². The van der Waals surface area contributed by atoms with Crippen molar-refractivity contribution in [2.45, 2.75) is 30.6 Å². The summed E-state index contributed by atoms with van der Waals surface area (Å²) in [5, 5.41) is 8.57. The molecule has 0 heterocycles. The lowest BCUT2D eigenvalue weighted by molar-refractivity contribution is -0.138. The van der Waals surface area contributed by atoms with E-state index in [1.165, 1.54) is 6.07 Å². The van der Waals surface area contributed by atoms with Crippen LogP contribution in [0.4, 0.5) is 4.39 Å². The summed E-state index contributed by atoms with van der Waals surface area (Å²) in [6, 6.07) is 2.31. The van der Waals surface area contributed by atoms with Gasteiger partial charge in [-0.15, -0.1) is 0 Å². The summed E-state index contributed by atoms with van der Waals surface area (Å²) in [5.74, 6) is -2.00. The lowest BCUT2D eigenvalue weighted by Crippen LogP contribution is -2.22. The Kier molecular flexibility index (Phi) is 4.27. The third-order valence-electron chi connectivity index (χ3n) is 2.74. The van der Waals surface area contributed by atoms with E-state index < -0.39 is 31.9 Å². The van der Waals surface area contributed by atoms with Crippen molar-refractivity contribution >= 4 is 27.4 Å². The molecular formula is C12H14ClFO4S. The molecule has 106 valence electrons. The first-order valence-electron chi connectivity index (χ1n) is 5.36. The van der Waals surface area contributed by atoms with Gasteiger partial charge in [0.05, 0.1) is 11.4 Å². The van der Waals surface area contributed by atoms with Crippen LogP contribution in [0.5, 0.6) is 0 Å². The number of hydrogen-bond acceptors (Lipinski definition) is 3. The second-order valence-electron chi connectivity index (χ2n) is 5.00. The molecule has 0 saturated heterocycles. The van der Waals surface area contributed by atoms with Gasteiger partial charge < -0.3 is 5.11 Å². The molecule has 0 spiro atoms. The first-order valence-corrected chi connectivity index (χ1v) is 7.63. The monoisotopic (exact) mass is 308 g/mol. The Morgan fingerprint density at radius 1 is 1.42 bits per heavy atom. The Balaban J connectivity index is 3.41. The zero-order valence-corrected chi connectivity index (χ0v) is 12.3. The van der Waals surface area contributed by atoms with Crippen LogP contribution in [0.25, 0.3) is 0 Å². The average Bonchev–Trinajstić information content (AvgIpc) is 2.11. The number of carboxylic acid groups (broad SMARTS) is 1. The van der Waals surface area contributed by atoms with Gasteiger partial charge in [-0.1, -0.05) is 25.4 Å². The highest BCUT2D eigenvalue weighted by molar-refractivity contribution is 7.90. The Labute approximate surface area is 116 Å². The topological polar surface area (TPSA) is 71.4 Å². The number of halogens is 2. The molecule has 4 nitrogen and oxygen atoms in total. The predicted octanol–water partition coefficient (Wildman–Crippen LogP) is 2.63. The van der Waals surface area contributed by atoms with E-state index in [0.29, 0.717) is 5.56 Å². The maximum absolute atomic E-state index is 13.9. The van der Waals surface area contributed by atoms with Gasteiger partial charge in [0.2, 0.25) is 0 Å². The van der Waals surface area contributed by atoms with Gasteiger partial charge >= 0.3 is 5.97 Å². The van der Waals surface area contributed by atoms with Crippen LogP contribution >= 0.6 is 11.6 Å². The van der Waals surface area contributed by atoms with E-state index in [1.54, 1.807) is 13.8 Å². The highest BCUT2D eigenvalue weighted by Gasteiger charge is 2.28. The molecule has 0 atom stereocenters. The molecule has 1 aromatic rings. The van der Waals surface area contributed by atoms with Crippen LogP contribution in [-0.4, -0.2) is 25.7 Å². The van der Waals surface area contributed by atoms with Gasteiger partial charge in [0.1, 0.15) is 10.7 Å². The van der Waals surface area contributed by atoms with Crippen molar-refractivity contribution in [3.8, 4) is 0 Å². The van der Waals surface area contributed by atoms with Crippen LogP contribution in [0.3, 0.4) is 0 Å². The molecule has 0 amide bonds. The van der Waals surface area contributed by atoms with Gasteiger partial charge in [0.25, 0.3) is 0 Å². The molecular weight excluding hydrogens is 295 g/mol. The van der Waals surface area contributed by atoms with Crippen LogP contribution in [0.1, 0.15) is 25.8 Å². The second-order valence-corrected chi connectivity index (χ2v) is 7.36. The molecule has 0 aromatic heterocycles. The van der Waals surface area contributed by atoms with Gasteiger partial charge in [0, 0.05) is 11.7 Å². The molecule has 7 heteroatoms. The zero-order chi connectivity index (χ0) is 15.0. The molecule has 0 aliphatic carbocycles. The minimum atomic E-state index is -3.77. The van der Waals surface area contributed by atoms with Crippen molar-refractivity contribution in [3.63, 3.8) is 0 Å². The molecule has 1 aromatic carbocycles. The average molecular weight is 309 g/mol. The van der Waals surface area contributed by atoms with Gasteiger partial charge in [-0.05, 0) is 17.7 Å². The van der Waals surface area contributed by atoms with Gasteiger partial charge in [-0.25, -0.2) is 12.8 Å². The molecule has 0 bridgehead atoms.